The first-order chi connectivity index (χ1) is 8.74. The van der Waals surface area contributed by atoms with Gasteiger partial charge in [-0.2, -0.15) is 0 Å². The molecule has 0 aliphatic heterocycles. The summed E-state index contributed by atoms with van der Waals surface area (Å²) >= 11 is 2.07. The minimum absolute atomic E-state index is 0.590. The second kappa shape index (κ2) is 6.72. The average Bonchev–Trinajstić information content (AvgIpc) is 2.88. The van der Waals surface area contributed by atoms with Crippen LogP contribution in [0.25, 0.3) is 0 Å². The molecular formula is C16H27NS. The van der Waals surface area contributed by atoms with E-state index in [4.69, 9.17) is 0 Å². The summed E-state index contributed by atoms with van der Waals surface area (Å²) in [5.74, 6) is 0.830. The smallest absolute Gasteiger partial charge is 0.0417 e. The molecule has 0 radical (unpaired) electrons. The first-order valence-corrected chi connectivity index (χ1v) is 8.41. The molecule has 1 aromatic heterocycles. The lowest BCUT2D eigenvalue weighted by molar-refractivity contribution is 0.399. The monoisotopic (exact) mass is 265 g/mol. The van der Waals surface area contributed by atoms with Crippen molar-refractivity contribution < 1.29 is 0 Å². The summed E-state index contributed by atoms with van der Waals surface area (Å²) in [7, 11) is 0. The summed E-state index contributed by atoms with van der Waals surface area (Å²) in [6.45, 7) is 7.98. The van der Waals surface area contributed by atoms with Gasteiger partial charge in [0.15, 0.2) is 0 Å². The van der Waals surface area contributed by atoms with Gasteiger partial charge in [0.05, 0.1) is 0 Å². The van der Waals surface area contributed by atoms with Crippen molar-refractivity contribution in [2.75, 3.05) is 6.54 Å². The highest BCUT2D eigenvalue weighted by atomic mass is 32.1. The number of hydrogen-bond donors (Lipinski definition) is 1. The van der Waals surface area contributed by atoms with Crippen LogP contribution in [0.5, 0.6) is 0 Å². The fourth-order valence-electron chi connectivity index (χ4n) is 3.08. The van der Waals surface area contributed by atoms with Crippen molar-refractivity contribution >= 4 is 11.3 Å². The number of rotatable bonds is 7. The SMILES string of the molecule is CCCC(C)CC(NCC)c1cc2c(s1)CCC2. The van der Waals surface area contributed by atoms with Crippen molar-refractivity contribution in [1.29, 1.82) is 0 Å². The fraction of sp³-hybridized carbons (Fsp3) is 0.750. The van der Waals surface area contributed by atoms with E-state index in [1.807, 2.05) is 0 Å². The first-order valence-electron chi connectivity index (χ1n) is 7.59. The van der Waals surface area contributed by atoms with Gasteiger partial charge in [-0.05, 0) is 49.8 Å². The van der Waals surface area contributed by atoms with Crippen LogP contribution in [-0.4, -0.2) is 6.54 Å². The minimum Gasteiger partial charge on any atom is -0.310 e. The lowest BCUT2D eigenvalue weighted by Gasteiger charge is -2.20. The van der Waals surface area contributed by atoms with Gasteiger partial charge in [-0.25, -0.2) is 0 Å². The van der Waals surface area contributed by atoms with Gasteiger partial charge in [-0.15, -0.1) is 11.3 Å². The van der Waals surface area contributed by atoms with Crippen molar-refractivity contribution in [2.45, 2.75) is 65.3 Å². The third-order valence-corrected chi connectivity index (χ3v) is 5.33. The van der Waals surface area contributed by atoms with Crippen LogP contribution in [0, 0.1) is 5.92 Å². The van der Waals surface area contributed by atoms with Gasteiger partial charge in [0.25, 0.3) is 0 Å². The minimum atomic E-state index is 0.590. The van der Waals surface area contributed by atoms with Crippen molar-refractivity contribution in [3.05, 3.63) is 21.4 Å². The van der Waals surface area contributed by atoms with E-state index in [1.54, 1.807) is 15.3 Å². The molecular weight excluding hydrogens is 238 g/mol. The van der Waals surface area contributed by atoms with E-state index in [0.717, 1.165) is 12.5 Å². The molecule has 2 rings (SSSR count). The molecule has 0 amide bonds. The molecule has 2 atom stereocenters. The van der Waals surface area contributed by atoms with E-state index in [1.165, 1.54) is 38.5 Å². The van der Waals surface area contributed by atoms with Crippen LogP contribution in [0.1, 0.15) is 67.8 Å². The van der Waals surface area contributed by atoms with E-state index in [2.05, 4.69) is 43.5 Å². The van der Waals surface area contributed by atoms with Crippen LogP contribution >= 0.6 is 11.3 Å². The number of fused-ring (bicyclic) bond motifs is 1. The molecule has 0 bridgehead atoms. The topological polar surface area (TPSA) is 12.0 Å². The van der Waals surface area contributed by atoms with Gasteiger partial charge in [-0.3, -0.25) is 0 Å². The Morgan fingerprint density at radius 2 is 2.17 bits per heavy atom. The van der Waals surface area contributed by atoms with Crippen LogP contribution < -0.4 is 5.32 Å². The summed E-state index contributed by atoms with van der Waals surface area (Å²) in [5, 5.41) is 3.69. The lowest BCUT2D eigenvalue weighted by atomic mass is 9.96. The standard InChI is InChI=1S/C16H27NS/c1-4-7-12(3)10-14(17-5-2)16-11-13-8-6-9-15(13)18-16/h11-12,14,17H,4-10H2,1-3H3. The molecule has 0 spiro atoms. The molecule has 1 aromatic rings. The number of nitrogens with one attached hydrogen (secondary N) is 1. The Labute approximate surface area is 116 Å². The van der Waals surface area contributed by atoms with Gasteiger partial charge in [0.2, 0.25) is 0 Å². The highest BCUT2D eigenvalue weighted by Gasteiger charge is 2.21. The highest BCUT2D eigenvalue weighted by Crippen LogP contribution is 2.36. The number of hydrogen-bond acceptors (Lipinski definition) is 2. The van der Waals surface area contributed by atoms with E-state index < -0.39 is 0 Å². The van der Waals surface area contributed by atoms with E-state index in [9.17, 15) is 0 Å². The molecule has 1 N–H and O–H groups in total. The summed E-state index contributed by atoms with van der Waals surface area (Å²) in [4.78, 5) is 3.25. The summed E-state index contributed by atoms with van der Waals surface area (Å²) in [5.41, 5.74) is 1.64. The Balaban J connectivity index is 2.03. The second-order valence-corrected chi connectivity index (χ2v) is 6.86. The van der Waals surface area contributed by atoms with Crippen molar-refractivity contribution in [2.24, 2.45) is 5.92 Å². The lowest BCUT2D eigenvalue weighted by Crippen LogP contribution is -2.22. The quantitative estimate of drug-likeness (QED) is 0.752. The Hall–Kier alpha value is -0.340. The molecule has 1 nitrogen and oxygen atoms in total. The zero-order valence-corrected chi connectivity index (χ0v) is 12.9. The molecule has 1 heterocycles. The van der Waals surface area contributed by atoms with Crippen LogP contribution in [0.4, 0.5) is 0 Å². The molecule has 0 aromatic carbocycles. The zero-order valence-electron chi connectivity index (χ0n) is 12.1. The van der Waals surface area contributed by atoms with E-state index in [-0.39, 0.29) is 0 Å². The van der Waals surface area contributed by atoms with E-state index in [0.29, 0.717) is 6.04 Å². The Kier molecular flexibility index (Phi) is 5.25. The van der Waals surface area contributed by atoms with Crippen LogP contribution in [0.15, 0.2) is 6.07 Å². The summed E-state index contributed by atoms with van der Waals surface area (Å²) in [6, 6.07) is 3.08. The molecule has 2 unspecified atom stereocenters. The van der Waals surface area contributed by atoms with Crippen LogP contribution in [-0.2, 0) is 12.8 Å². The molecule has 0 saturated carbocycles. The van der Waals surface area contributed by atoms with Crippen molar-refractivity contribution in [3.63, 3.8) is 0 Å². The zero-order chi connectivity index (χ0) is 13.0. The predicted molar refractivity (Wildman–Crippen MR) is 81.5 cm³/mol. The molecule has 1 aliphatic rings. The Bertz CT molecular complexity index is 348. The third kappa shape index (κ3) is 3.36. The molecule has 0 saturated heterocycles. The number of aryl methyl sites for hydroxylation is 2. The Morgan fingerprint density at radius 3 is 2.83 bits per heavy atom. The van der Waals surface area contributed by atoms with Gasteiger partial charge < -0.3 is 5.32 Å². The normalized spacial score (nSPS) is 17.7. The predicted octanol–water partition coefficient (Wildman–Crippen LogP) is 4.71. The summed E-state index contributed by atoms with van der Waals surface area (Å²) in [6.07, 6.45) is 7.97. The maximum atomic E-state index is 3.69. The molecule has 18 heavy (non-hydrogen) atoms. The van der Waals surface area contributed by atoms with Gasteiger partial charge in [-0.1, -0.05) is 33.6 Å². The maximum absolute atomic E-state index is 3.69. The van der Waals surface area contributed by atoms with Crippen molar-refractivity contribution in [3.8, 4) is 0 Å². The molecule has 102 valence electrons. The van der Waals surface area contributed by atoms with E-state index >= 15 is 0 Å². The summed E-state index contributed by atoms with van der Waals surface area (Å²) < 4.78 is 0. The Morgan fingerprint density at radius 1 is 1.33 bits per heavy atom. The van der Waals surface area contributed by atoms with Crippen molar-refractivity contribution in [1.82, 2.24) is 5.32 Å². The van der Waals surface area contributed by atoms with Gasteiger partial charge in [0.1, 0.15) is 0 Å². The van der Waals surface area contributed by atoms with Crippen LogP contribution in [0.2, 0.25) is 0 Å². The fourth-order valence-corrected chi connectivity index (χ4v) is 4.43. The molecule has 2 heteroatoms. The molecule has 1 aliphatic carbocycles. The second-order valence-electron chi connectivity index (χ2n) is 5.69. The largest absolute Gasteiger partial charge is 0.310 e. The highest BCUT2D eigenvalue weighted by molar-refractivity contribution is 7.12. The average molecular weight is 265 g/mol. The molecule has 0 fully saturated rings. The maximum Gasteiger partial charge on any atom is 0.0417 e. The third-order valence-electron chi connectivity index (χ3n) is 3.98. The number of thiophene rings is 1. The first kappa shape index (κ1) is 14.1. The van der Waals surface area contributed by atoms with Crippen LogP contribution in [0.3, 0.4) is 0 Å². The van der Waals surface area contributed by atoms with Gasteiger partial charge >= 0.3 is 0 Å². The van der Waals surface area contributed by atoms with Gasteiger partial charge in [0, 0.05) is 15.8 Å².